The summed E-state index contributed by atoms with van der Waals surface area (Å²) in [7, 11) is 0. The van der Waals surface area contributed by atoms with Crippen LogP contribution in [0.15, 0.2) is 28.8 Å². The molecule has 0 aliphatic heterocycles. The summed E-state index contributed by atoms with van der Waals surface area (Å²) in [6.45, 7) is 4.37. The Morgan fingerprint density at radius 3 is 3.00 bits per heavy atom. The van der Waals surface area contributed by atoms with Crippen molar-refractivity contribution in [2.75, 3.05) is 6.26 Å². The van der Waals surface area contributed by atoms with Crippen molar-refractivity contribution in [3.63, 3.8) is 0 Å². The third-order valence-electron chi connectivity index (χ3n) is 2.21. The number of aliphatic imine (C=N–C) groups is 1. The lowest BCUT2D eigenvalue weighted by Crippen LogP contribution is -2.05. The maximum absolute atomic E-state index is 4.41. The zero-order valence-electron chi connectivity index (χ0n) is 8.53. The lowest BCUT2D eigenvalue weighted by molar-refractivity contribution is 0.717. The van der Waals surface area contributed by atoms with Crippen LogP contribution in [-0.4, -0.2) is 17.8 Å². The second-order valence-corrected chi connectivity index (χ2v) is 4.12. The number of nitrogens with zero attached hydrogens (tertiary/aromatic N) is 1. The zero-order chi connectivity index (χ0) is 9.68. The van der Waals surface area contributed by atoms with Crippen LogP contribution in [0.3, 0.4) is 0 Å². The molecule has 2 heteroatoms. The molecule has 0 aromatic rings. The first-order valence-electron chi connectivity index (χ1n) is 4.66. The highest BCUT2D eigenvalue weighted by Crippen LogP contribution is 2.19. The Labute approximate surface area is 85.0 Å². The van der Waals surface area contributed by atoms with Gasteiger partial charge in [0.25, 0.3) is 0 Å². The fraction of sp³-hybridized carbons (Fsp3) is 0.545. The molecule has 1 rings (SSSR count). The van der Waals surface area contributed by atoms with Crippen molar-refractivity contribution < 1.29 is 0 Å². The highest BCUT2D eigenvalue weighted by atomic mass is 32.2. The van der Waals surface area contributed by atoms with E-state index in [1.54, 1.807) is 11.8 Å². The molecule has 2 atom stereocenters. The van der Waals surface area contributed by atoms with Crippen LogP contribution in [0, 0.1) is 5.92 Å². The molecule has 0 bridgehead atoms. The van der Waals surface area contributed by atoms with Gasteiger partial charge in [0.2, 0.25) is 0 Å². The fourth-order valence-electron chi connectivity index (χ4n) is 1.29. The maximum Gasteiger partial charge on any atom is 0.0723 e. The van der Waals surface area contributed by atoms with E-state index in [1.807, 2.05) is 11.8 Å². The molecule has 0 N–H and O–H groups in total. The Morgan fingerprint density at radius 1 is 1.69 bits per heavy atom. The standard InChI is InChI=1S/C11H17NS/c1-9-4-6-11(7-5-9)10(2)12-8-13-3/h4,6-10H,5H2,1-3H3/t9-,10?/m0/s1. The van der Waals surface area contributed by atoms with Crippen molar-refractivity contribution in [1.29, 1.82) is 0 Å². The van der Waals surface area contributed by atoms with E-state index in [0.29, 0.717) is 12.0 Å². The van der Waals surface area contributed by atoms with Gasteiger partial charge in [-0.05, 0) is 31.1 Å². The van der Waals surface area contributed by atoms with Gasteiger partial charge in [-0.1, -0.05) is 25.2 Å². The summed E-state index contributed by atoms with van der Waals surface area (Å²) < 4.78 is 0. The van der Waals surface area contributed by atoms with Gasteiger partial charge in [-0.3, -0.25) is 4.99 Å². The van der Waals surface area contributed by atoms with Crippen molar-refractivity contribution in [1.82, 2.24) is 0 Å². The summed E-state index contributed by atoms with van der Waals surface area (Å²) in [4.78, 5) is 4.41. The van der Waals surface area contributed by atoms with Gasteiger partial charge in [0.15, 0.2) is 0 Å². The minimum Gasteiger partial charge on any atom is -0.279 e. The molecule has 0 saturated carbocycles. The van der Waals surface area contributed by atoms with Crippen LogP contribution in [0.2, 0.25) is 0 Å². The van der Waals surface area contributed by atoms with Crippen molar-refractivity contribution >= 4 is 17.3 Å². The molecule has 0 aromatic heterocycles. The first-order valence-corrected chi connectivity index (χ1v) is 5.95. The van der Waals surface area contributed by atoms with E-state index in [1.165, 1.54) is 5.57 Å². The van der Waals surface area contributed by atoms with E-state index < -0.39 is 0 Å². The number of thioether (sulfide) groups is 1. The highest BCUT2D eigenvalue weighted by molar-refractivity contribution is 8.11. The van der Waals surface area contributed by atoms with E-state index in [0.717, 1.165) is 6.42 Å². The van der Waals surface area contributed by atoms with E-state index >= 15 is 0 Å². The lowest BCUT2D eigenvalue weighted by Gasteiger charge is -2.14. The smallest absolute Gasteiger partial charge is 0.0723 e. The minimum absolute atomic E-state index is 0.316. The number of allylic oxidation sites excluding steroid dienone is 2. The van der Waals surface area contributed by atoms with Gasteiger partial charge in [-0.25, -0.2) is 0 Å². The summed E-state index contributed by atoms with van der Waals surface area (Å²) in [6, 6.07) is 0.316. The monoisotopic (exact) mass is 195 g/mol. The number of hydrogen-bond donors (Lipinski definition) is 0. The molecule has 0 fully saturated rings. The third kappa shape index (κ3) is 3.39. The summed E-state index contributed by atoms with van der Waals surface area (Å²) in [5.74, 6) is 0.695. The van der Waals surface area contributed by atoms with Gasteiger partial charge < -0.3 is 0 Å². The topological polar surface area (TPSA) is 12.4 Å². The predicted octanol–water partition coefficient (Wildman–Crippen LogP) is 3.29. The Morgan fingerprint density at radius 2 is 2.46 bits per heavy atom. The Kier molecular flexibility index (Phi) is 4.29. The van der Waals surface area contributed by atoms with Crippen molar-refractivity contribution in [2.45, 2.75) is 26.3 Å². The van der Waals surface area contributed by atoms with Crippen molar-refractivity contribution in [3.8, 4) is 0 Å². The normalized spacial score (nSPS) is 24.8. The Hall–Kier alpha value is -0.500. The largest absolute Gasteiger partial charge is 0.279 e. The minimum atomic E-state index is 0.316. The average molecular weight is 195 g/mol. The van der Waals surface area contributed by atoms with E-state index in [2.05, 4.69) is 37.1 Å². The summed E-state index contributed by atoms with van der Waals surface area (Å²) in [5, 5.41) is 0. The van der Waals surface area contributed by atoms with Crippen LogP contribution in [0.5, 0.6) is 0 Å². The maximum atomic E-state index is 4.41. The molecule has 1 aliphatic carbocycles. The van der Waals surface area contributed by atoms with Crippen molar-refractivity contribution in [2.24, 2.45) is 10.9 Å². The first kappa shape index (κ1) is 10.6. The van der Waals surface area contributed by atoms with Crippen LogP contribution in [-0.2, 0) is 0 Å². The van der Waals surface area contributed by atoms with Crippen LogP contribution >= 0.6 is 11.8 Å². The highest BCUT2D eigenvalue weighted by Gasteiger charge is 2.08. The van der Waals surface area contributed by atoms with Gasteiger partial charge in [-0.2, -0.15) is 0 Å². The van der Waals surface area contributed by atoms with Crippen LogP contribution < -0.4 is 0 Å². The first-order chi connectivity index (χ1) is 6.24. The average Bonchev–Trinajstić information content (AvgIpc) is 2.15. The second-order valence-electron chi connectivity index (χ2n) is 3.44. The van der Waals surface area contributed by atoms with Crippen LogP contribution in [0.25, 0.3) is 0 Å². The molecule has 0 aromatic carbocycles. The number of hydrogen-bond acceptors (Lipinski definition) is 2. The van der Waals surface area contributed by atoms with Gasteiger partial charge in [0.05, 0.1) is 11.6 Å². The van der Waals surface area contributed by atoms with Crippen LogP contribution in [0.1, 0.15) is 20.3 Å². The number of rotatable bonds is 3. The molecule has 0 heterocycles. The van der Waals surface area contributed by atoms with E-state index in [4.69, 9.17) is 0 Å². The lowest BCUT2D eigenvalue weighted by atomic mass is 9.95. The predicted molar refractivity (Wildman–Crippen MR) is 62.5 cm³/mol. The molecular formula is C11H17NS. The van der Waals surface area contributed by atoms with Gasteiger partial charge in [-0.15, -0.1) is 11.8 Å². The Balaban J connectivity index is 2.53. The third-order valence-corrected chi connectivity index (χ3v) is 2.55. The van der Waals surface area contributed by atoms with Crippen molar-refractivity contribution in [3.05, 3.63) is 23.8 Å². The van der Waals surface area contributed by atoms with Gasteiger partial charge >= 0.3 is 0 Å². The Bertz CT molecular complexity index is 240. The van der Waals surface area contributed by atoms with Gasteiger partial charge in [0, 0.05) is 0 Å². The van der Waals surface area contributed by atoms with Crippen LogP contribution in [0.4, 0.5) is 0 Å². The SMILES string of the molecule is CSC=NC(C)C1=CC[C@@H](C)C=C1. The molecule has 0 radical (unpaired) electrons. The molecule has 1 nitrogen and oxygen atoms in total. The molecule has 0 saturated heterocycles. The molecule has 0 spiro atoms. The molecule has 0 amide bonds. The molecule has 72 valence electrons. The second kappa shape index (κ2) is 5.28. The van der Waals surface area contributed by atoms with Gasteiger partial charge in [0.1, 0.15) is 0 Å². The summed E-state index contributed by atoms with van der Waals surface area (Å²) in [6.07, 6.45) is 9.96. The molecule has 1 aliphatic rings. The molecule has 1 unspecified atom stereocenters. The summed E-state index contributed by atoms with van der Waals surface area (Å²) in [5.41, 5.74) is 3.26. The fourth-order valence-corrected chi connectivity index (χ4v) is 1.60. The molecular weight excluding hydrogens is 178 g/mol. The quantitative estimate of drug-likeness (QED) is 0.497. The van der Waals surface area contributed by atoms with E-state index in [-0.39, 0.29) is 0 Å². The zero-order valence-corrected chi connectivity index (χ0v) is 9.34. The molecule has 13 heavy (non-hydrogen) atoms. The van der Waals surface area contributed by atoms with E-state index in [9.17, 15) is 0 Å². The summed E-state index contributed by atoms with van der Waals surface area (Å²) >= 11 is 1.65.